The molecule has 1 amide bonds. The molecule has 1 aliphatic heterocycles. The van der Waals surface area contributed by atoms with Crippen LogP contribution in [0.15, 0.2) is 18.2 Å². The molecule has 5 heteroatoms. The average Bonchev–Trinajstić information content (AvgIpc) is 2.86. The van der Waals surface area contributed by atoms with E-state index in [0.717, 1.165) is 30.6 Å². The van der Waals surface area contributed by atoms with Crippen LogP contribution in [0.25, 0.3) is 0 Å². The molecule has 0 bridgehead atoms. The lowest BCUT2D eigenvalue weighted by atomic mass is 10.1. The Bertz CT molecular complexity index is 450. The second-order valence-corrected chi connectivity index (χ2v) is 4.44. The van der Waals surface area contributed by atoms with Gasteiger partial charge in [-0.1, -0.05) is 0 Å². The van der Waals surface area contributed by atoms with Gasteiger partial charge >= 0.3 is 0 Å². The highest BCUT2D eigenvalue weighted by atomic mass is 19.1. The van der Waals surface area contributed by atoms with Gasteiger partial charge in [0.2, 0.25) is 5.91 Å². The number of hydrogen-bond acceptors (Lipinski definition) is 3. The van der Waals surface area contributed by atoms with Gasteiger partial charge in [0.1, 0.15) is 11.9 Å². The van der Waals surface area contributed by atoms with Crippen molar-refractivity contribution < 1.29 is 9.18 Å². The molecular formula is C13H18FN3O. The number of nitrogens with one attached hydrogen (secondary N) is 1. The Hall–Kier alpha value is -1.62. The first-order valence-electron chi connectivity index (χ1n) is 6.14. The van der Waals surface area contributed by atoms with Crippen molar-refractivity contribution in [2.24, 2.45) is 5.73 Å². The zero-order valence-electron chi connectivity index (χ0n) is 10.4. The van der Waals surface area contributed by atoms with E-state index in [4.69, 9.17) is 5.73 Å². The van der Waals surface area contributed by atoms with E-state index in [-0.39, 0.29) is 24.3 Å². The van der Waals surface area contributed by atoms with Gasteiger partial charge in [0.25, 0.3) is 0 Å². The number of amides is 1. The lowest BCUT2D eigenvalue weighted by Gasteiger charge is -2.27. The van der Waals surface area contributed by atoms with E-state index < -0.39 is 0 Å². The van der Waals surface area contributed by atoms with E-state index in [1.807, 2.05) is 4.90 Å². The van der Waals surface area contributed by atoms with E-state index in [9.17, 15) is 9.18 Å². The maximum absolute atomic E-state index is 13.2. The summed E-state index contributed by atoms with van der Waals surface area (Å²) in [4.78, 5) is 13.8. The Labute approximate surface area is 106 Å². The fourth-order valence-electron chi connectivity index (χ4n) is 2.49. The summed E-state index contributed by atoms with van der Waals surface area (Å²) in [6.07, 6.45) is 1.78. The number of likely N-dealkylation sites (N-methyl/N-ethyl adjacent to an activating group) is 1. The fourth-order valence-corrected chi connectivity index (χ4v) is 2.49. The predicted octanol–water partition coefficient (Wildman–Crippen LogP) is 0.999. The van der Waals surface area contributed by atoms with Gasteiger partial charge in [0.15, 0.2) is 0 Å². The number of hydrogen-bond donors (Lipinski definition) is 2. The molecule has 0 aromatic heterocycles. The third kappa shape index (κ3) is 2.31. The molecule has 0 radical (unpaired) electrons. The summed E-state index contributed by atoms with van der Waals surface area (Å²) in [7, 11) is 1.63. The van der Waals surface area contributed by atoms with Gasteiger partial charge in [-0.15, -0.1) is 0 Å². The fraction of sp³-hybridized carbons (Fsp3) is 0.462. The number of benzene rings is 1. The van der Waals surface area contributed by atoms with Crippen molar-refractivity contribution in [3.8, 4) is 0 Å². The Morgan fingerprint density at radius 3 is 3.06 bits per heavy atom. The van der Waals surface area contributed by atoms with Crippen LogP contribution < -0.4 is 16.0 Å². The van der Waals surface area contributed by atoms with Crippen molar-refractivity contribution in [3.05, 3.63) is 29.6 Å². The molecular weight excluding hydrogens is 233 g/mol. The smallest absolute Gasteiger partial charge is 0.242 e. The van der Waals surface area contributed by atoms with E-state index in [1.54, 1.807) is 13.1 Å². The van der Waals surface area contributed by atoms with Gasteiger partial charge < -0.3 is 16.0 Å². The number of nitrogens with two attached hydrogens (primary N) is 1. The largest absolute Gasteiger partial charge is 0.359 e. The van der Waals surface area contributed by atoms with E-state index in [2.05, 4.69) is 5.32 Å². The third-order valence-electron chi connectivity index (χ3n) is 3.37. The molecule has 1 unspecified atom stereocenters. The van der Waals surface area contributed by atoms with Crippen LogP contribution in [0.4, 0.5) is 10.1 Å². The summed E-state index contributed by atoms with van der Waals surface area (Å²) < 4.78 is 13.2. The topological polar surface area (TPSA) is 58.4 Å². The molecule has 4 nitrogen and oxygen atoms in total. The van der Waals surface area contributed by atoms with Gasteiger partial charge in [0, 0.05) is 25.8 Å². The lowest BCUT2D eigenvalue weighted by molar-refractivity contribution is -0.121. The molecule has 1 aromatic carbocycles. The standard InChI is InChI=1S/C13H18FN3O/c1-16-13(18)12-3-2-6-17(12)11-5-4-10(14)7-9(11)8-15/h4-5,7,12H,2-3,6,8,15H2,1H3,(H,16,18). The van der Waals surface area contributed by atoms with Crippen LogP contribution in [-0.4, -0.2) is 25.5 Å². The van der Waals surface area contributed by atoms with Gasteiger partial charge in [-0.3, -0.25) is 4.79 Å². The highest BCUT2D eigenvalue weighted by Gasteiger charge is 2.31. The summed E-state index contributed by atoms with van der Waals surface area (Å²) in [6, 6.07) is 4.38. The molecule has 0 spiro atoms. The van der Waals surface area contributed by atoms with Crippen molar-refractivity contribution in [2.75, 3.05) is 18.5 Å². The molecule has 0 saturated carbocycles. The molecule has 18 heavy (non-hydrogen) atoms. The monoisotopic (exact) mass is 251 g/mol. The summed E-state index contributed by atoms with van der Waals surface area (Å²) in [5.74, 6) is -0.297. The van der Waals surface area contributed by atoms with Gasteiger partial charge in [0.05, 0.1) is 0 Å². The minimum absolute atomic E-state index is 0.000188. The minimum atomic E-state index is -0.296. The van der Waals surface area contributed by atoms with Crippen LogP contribution in [0, 0.1) is 5.82 Å². The number of carbonyl (C=O) groups is 1. The molecule has 2 rings (SSSR count). The van der Waals surface area contributed by atoms with Crippen molar-refractivity contribution in [1.82, 2.24) is 5.32 Å². The molecule has 98 valence electrons. The lowest BCUT2D eigenvalue weighted by Crippen LogP contribution is -2.42. The number of carbonyl (C=O) groups excluding carboxylic acids is 1. The zero-order valence-corrected chi connectivity index (χ0v) is 10.4. The van der Waals surface area contributed by atoms with Crippen LogP contribution >= 0.6 is 0 Å². The van der Waals surface area contributed by atoms with Crippen LogP contribution in [0.5, 0.6) is 0 Å². The summed E-state index contributed by atoms with van der Waals surface area (Å²) in [5, 5.41) is 2.67. The van der Waals surface area contributed by atoms with Gasteiger partial charge in [-0.25, -0.2) is 4.39 Å². The summed E-state index contributed by atoms with van der Waals surface area (Å²) >= 11 is 0. The summed E-state index contributed by atoms with van der Waals surface area (Å²) in [5.41, 5.74) is 7.25. The third-order valence-corrected chi connectivity index (χ3v) is 3.37. The minimum Gasteiger partial charge on any atom is -0.359 e. The number of halogens is 1. The number of nitrogens with zero attached hydrogens (tertiary/aromatic N) is 1. The SMILES string of the molecule is CNC(=O)C1CCCN1c1ccc(F)cc1CN. The maximum Gasteiger partial charge on any atom is 0.242 e. The van der Waals surface area contributed by atoms with Crippen LogP contribution in [0.1, 0.15) is 18.4 Å². The molecule has 1 heterocycles. The molecule has 1 fully saturated rings. The van der Waals surface area contributed by atoms with Gasteiger partial charge in [-0.2, -0.15) is 0 Å². The Balaban J connectivity index is 2.32. The van der Waals surface area contributed by atoms with Crippen LogP contribution in [0.3, 0.4) is 0 Å². The summed E-state index contributed by atoms with van der Waals surface area (Å²) in [6.45, 7) is 1.07. The molecule has 1 saturated heterocycles. The second-order valence-electron chi connectivity index (χ2n) is 4.44. The maximum atomic E-state index is 13.2. The zero-order chi connectivity index (χ0) is 13.1. The molecule has 1 aromatic rings. The quantitative estimate of drug-likeness (QED) is 0.842. The van der Waals surface area contributed by atoms with Crippen molar-refractivity contribution in [1.29, 1.82) is 0 Å². The highest BCUT2D eigenvalue weighted by molar-refractivity contribution is 5.86. The van der Waals surface area contributed by atoms with Crippen LogP contribution in [0.2, 0.25) is 0 Å². The normalized spacial score (nSPS) is 19.1. The molecule has 1 atom stereocenters. The van der Waals surface area contributed by atoms with Crippen LogP contribution in [-0.2, 0) is 11.3 Å². The first-order valence-corrected chi connectivity index (χ1v) is 6.14. The number of rotatable bonds is 3. The van der Waals surface area contributed by atoms with E-state index >= 15 is 0 Å². The first-order chi connectivity index (χ1) is 8.67. The molecule has 0 aliphatic carbocycles. The first kappa shape index (κ1) is 12.8. The number of anilines is 1. The average molecular weight is 251 g/mol. The molecule has 1 aliphatic rings. The highest BCUT2D eigenvalue weighted by Crippen LogP contribution is 2.29. The Morgan fingerprint density at radius 2 is 2.39 bits per heavy atom. The van der Waals surface area contributed by atoms with E-state index in [1.165, 1.54) is 12.1 Å². The second kappa shape index (κ2) is 5.35. The van der Waals surface area contributed by atoms with E-state index in [0.29, 0.717) is 0 Å². The van der Waals surface area contributed by atoms with Crippen molar-refractivity contribution in [3.63, 3.8) is 0 Å². The van der Waals surface area contributed by atoms with Crippen molar-refractivity contribution >= 4 is 11.6 Å². The molecule has 3 N–H and O–H groups in total. The Kier molecular flexibility index (Phi) is 3.81. The Morgan fingerprint density at radius 1 is 1.61 bits per heavy atom. The van der Waals surface area contributed by atoms with Gasteiger partial charge in [-0.05, 0) is 36.6 Å². The predicted molar refractivity (Wildman–Crippen MR) is 68.7 cm³/mol. The van der Waals surface area contributed by atoms with Crippen molar-refractivity contribution in [2.45, 2.75) is 25.4 Å².